The van der Waals surface area contributed by atoms with Gasteiger partial charge in [0.25, 0.3) is 0 Å². The highest BCUT2D eigenvalue weighted by Crippen LogP contribution is 2.31. The van der Waals surface area contributed by atoms with Gasteiger partial charge in [0.15, 0.2) is 15.0 Å². The second-order valence-corrected chi connectivity index (χ2v) is 18.9. The third-order valence-corrected chi connectivity index (χ3v) is 14.4. The number of methoxy groups -OCH3 is 3. The number of carbonyl (C=O) groups is 6. The molecule has 9 heterocycles. The zero-order chi connectivity index (χ0) is 52.2. The van der Waals surface area contributed by atoms with Crippen molar-refractivity contribution in [1.82, 2.24) is 50.0 Å². The van der Waals surface area contributed by atoms with Crippen LogP contribution in [-0.2, 0) is 14.2 Å². The number of oxazole rings is 1. The largest absolute Gasteiger partial charge is 0.465 e. The Balaban J connectivity index is 0.000000138. The molecule has 12 aromatic rings. The van der Waals surface area contributed by atoms with Gasteiger partial charge in [-0.25, -0.2) is 39.3 Å². The van der Waals surface area contributed by atoms with Crippen LogP contribution in [0.15, 0.2) is 129 Å². The molecule has 0 atom stereocenters. The van der Waals surface area contributed by atoms with Crippen LogP contribution in [0, 0.1) is 0 Å². The maximum Gasteiger partial charge on any atom is 0.397 e. The SMILES string of the molecule is C.COC(=O)c1cnc(-c2csc(C(=O)c3c[nH]c4ccccc34)n2)o1.COC(=O)c1cnc(-c2csc(C(=O)c3c[nH]c4ccccc34)n2)s1.COC(=O)c1nc(-c2csc(C(=O)c3c[nH]c4ccccc34)n2)no1. The average Bonchev–Trinajstić information content (AvgIpc) is 4.30. The van der Waals surface area contributed by atoms with E-state index in [-0.39, 0.29) is 48.1 Å². The van der Waals surface area contributed by atoms with E-state index in [4.69, 9.17) is 8.94 Å². The van der Waals surface area contributed by atoms with Gasteiger partial charge >= 0.3 is 23.8 Å². The lowest BCUT2D eigenvalue weighted by Gasteiger charge is -1.95. The highest BCUT2D eigenvalue weighted by Gasteiger charge is 2.24. The molecule has 3 N–H and O–H groups in total. The first-order valence-corrected chi connectivity index (χ1v) is 25.2. The molecular formula is C51H36N10O11S4. The van der Waals surface area contributed by atoms with Crippen molar-refractivity contribution in [2.75, 3.05) is 21.3 Å². The van der Waals surface area contributed by atoms with E-state index in [0.717, 1.165) is 32.7 Å². The fourth-order valence-electron chi connectivity index (χ4n) is 7.23. The van der Waals surface area contributed by atoms with E-state index in [0.29, 0.717) is 58.7 Å². The Hall–Kier alpha value is -9.43. The van der Waals surface area contributed by atoms with E-state index >= 15 is 0 Å². The number of benzene rings is 3. The third-order valence-electron chi connectivity index (χ3n) is 10.8. The van der Waals surface area contributed by atoms with Crippen LogP contribution < -0.4 is 0 Å². The number of aromatic amines is 3. The van der Waals surface area contributed by atoms with Crippen LogP contribution in [0.2, 0.25) is 0 Å². The number of rotatable bonds is 12. The van der Waals surface area contributed by atoms with Crippen LogP contribution in [-0.4, -0.2) is 107 Å². The van der Waals surface area contributed by atoms with Crippen molar-refractivity contribution in [1.29, 1.82) is 0 Å². The summed E-state index contributed by atoms with van der Waals surface area (Å²) in [5.74, 6) is -2.33. The number of H-pyrrole nitrogens is 3. The summed E-state index contributed by atoms with van der Waals surface area (Å²) >= 11 is 4.81. The summed E-state index contributed by atoms with van der Waals surface area (Å²) < 4.78 is 23.9. The lowest BCUT2D eigenvalue weighted by atomic mass is 10.1. The van der Waals surface area contributed by atoms with E-state index in [2.05, 4.69) is 64.2 Å². The minimum absolute atomic E-state index is 0. The summed E-state index contributed by atoms with van der Waals surface area (Å²) in [6, 6.07) is 22.7. The number of para-hydroxylation sites is 3. The van der Waals surface area contributed by atoms with Crippen molar-refractivity contribution in [3.8, 4) is 33.8 Å². The van der Waals surface area contributed by atoms with Crippen LogP contribution in [0.5, 0.6) is 0 Å². The minimum Gasteiger partial charge on any atom is -0.465 e. The van der Waals surface area contributed by atoms with Crippen molar-refractivity contribution in [2.24, 2.45) is 0 Å². The van der Waals surface area contributed by atoms with Gasteiger partial charge in [0, 0.05) is 67.4 Å². The highest BCUT2D eigenvalue weighted by molar-refractivity contribution is 7.17. The predicted molar refractivity (Wildman–Crippen MR) is 282 cm³/mol. The molecule has 3 aromatic carbocycles. The van der Waals surface area contributed by atoms with Crippen LogP contribution in [0.25, 0.3) is 66.5 Å². The Morgan fingerprint density at radius 1 is 0.526 bits per heavy atom. The van der Waals surface area contributed by atoms with Gasteiger partial charge in [-0.15, -0.1) is 45.3 Å². The molecule has 0 saturated carbocycles. The van der Waals surface area contributed by atoms with E-state index in [1.807, 2.05) is 72.8 Å². The molecule has 380 valence electrons. The fraction of sp³-hybridized carbons (Fsp3) is 0.0784. The zero-order valence-corrected chi connectivity index (χ0v) is 42.1. The Bertz CT molecular complexity index is 3700. The van der Waals surface area contributed by atoms with Gasteiger partial charge in [-0.2, -0.15) is 4.98 Å². The van der Waals surface area contributed by atoms with Gasteiger partial charge in [0.05, 0.1) is 50.4 Å². The van der Waals surface area contributed by atoms with Gasteiger partial charge in [-0.3, -0.25) is 14.4 Å². The van der Waals surface area contributed by atoms with Crippen molar-refractivity contribution in [3.63, 3.8) is 0 Å². The number of fused-ring (bicyclic) bond motifs is 3. The molecule has 12 rings (SSSR count). The van der Waals surface area contributed by atoms with Crippen molar-refractivity contribution >= 4 is 113 Å². The van der Waals surface area contributed by atoms with Gasteiger partial charge in [0.1, 0.15) is 27.0 Å². The fourth-order valence-corrected chi connectivity index (χ4v) is 10.3. The molecule has 21 nitrogen and oxygen atoms in total. The van der Waals surface area contributed by atoms with Crippen molar-refractivity contribution < 1.29 is 51.9 Å². The van der Waals surface area contributed by atoms with Crippen LogP contribution >= 0.6 is 45.3 Å². The number of ether oxygens (including phenoxy) is 3. The number of aromatic nitrogens is 10. The zero-order valence-electron chi connectivity index (χ0n) is 38.8. The molecule has 0 fully saturated rings. The molecule has 0 aliphatic carbocycles. The molecule has 0 spiro atoms. The number of esters is 3. The molecule has 0 radical (unpaired) electrons. The molecule has 0 aliphatic heterocycles. The third kappa shape index (κ3) is 10.4. The smallest absolute Gasteiger partial charge is 0.397 e. The van der Waals surface area contributed by atoms with Gasteiger partial charge in [0.2, 0.25) is 34.8 Å². The number of ketones is 3. The maximum absolute atomic E-state index is 12.8. The number of nitrogens with one attached hydrogen (secondary N) is 3. The monoisotopic (exact) mass is 1090 g/mol. The van der Waals surface area contributed by atoms with E-state index in [1.54, 1.807) is 34.7 Å². The average molecular weight is 1090 g/mol. The van der Waals surface area contributed by atoms with Gasteiger partial charge in [-0.05, 0) is 18.2 Å². The van der Waals surface area contributed by atoms with Gasteiger partial charge < -0.3 is 38.1 Å². The molecular weight excluding hydrogens is 1060 g/mol. The number of carbonyl (C=O) groups excluding carboxylic acids is 6. The summed E-state index contributed by atoms with van der Waals surface area (Å²) in [5.41, 5.74) is 5.68. The normalized spacial score (nSPS) is 10.8. The molecule has 0 aliphatic rings. The number of nitrogens with zero attached hydrogens (tertiary/aromatic N) is 7. The summed E-state index contributed by atoms with van der Waals surface area (Å²) in [6.07, 6.45) is 7.76. The van der Waals surface area contributed by atoms with E-state index in [9.17, 15) is 28.8 Å². The van der Waals surface area contributed by atoms with Crippen LogP contribution in [0.3, 0.4) is 0 Å². The Morgan fingerprint density at radius 3 is 1.50 bits per heavy atom. The van der Waals surface area contributed by atoms with E-state index < -0.39 is 17.9 Å². The standard InChI is InChI=1S/C17H11N3O4S.C17H11N3O3S2.C16H10N4O4S.CH4/c1-23-17(22)13-7-19-15(24-13)12-8-25-16(20-12)14(21)10-6-18-11-5-3-2-4-9(10)11;1-23-17(22)13-7-19-15(25-13)12-8-24-16(20-12)14(21)10-6-18-11-5-3-2-4-9(10)11;1-23-16(22)14-19-13(20-24-14)11-7-25-15(18-11)12(21)9-6-17-10-5-3-2-4-8(9)10;/h2*2-8,18H,1H3;2-7,17H,1H3;1H4. The van der Waals surface area contributed by atoms with Crippen LogP contribution in [0.4, 0.5) is 0 Å². The topological polar surface area (TPSA) is 294 Å². The summed E-state index contributed by atoms with van der Waals surface area (Å²) in [5, 5.41) is 12.9. The van der Waals surface area contributed by atoms with Gasteiger partial charge in [-0.1, -0.05) is 67.2 Å². The Kier molecular flexibility index (Phi) is 15.1. The second-order valence-electron chi connectivity index (χ2n) is 15.3. The lowest BCUT2D eigenvalue weighted by molar-refractivity contribution is 0.0542. The quantitative estimate of drug-likeness (QED) is 0.0582. The first-order chi connectivity index (χ1) is 36.5. The molecule has 76 heavy (non-hydrogen) atoms. The Labute approximate surface area is 443 Å². The summed E-state index contributed by atoms with van der Waals surface area (Å²) in [4.78, 5) is 107. The van der Waals surface area contributed by atoms with Crippen molar-refractivity contribution in [3.05, 3.63) is 168 Å². The summed E-state index contributed by atoms with van der Waals surface area (Å²) in [6.45, 7) is 0. The van der Waals surface area contributed by atoms with Crippen LogP contribution in [0.1, 0.15) is 84.4 Å². The molecule has 0 unspecified atom stereocenters. The summed E-state index contributed by atoms with van der Waals surface area (Å²) in [7, 11) is 3.79. The molecule has 25 heteroatoms. The number of thiazole rings is 4. The lowest BCUT2D eigenvalue weighted by Crippen LogP contribution is -2.01. The first kappa shape index (κ1) is 51.5. The maximum atomic E-state index is 12.8. The highest BCUT2D eigenvalue weighted by atomic mass is 32.1. The Morgan fingerprint density at radius 2 is 0.987 bits per heavy atom. The molecule has 0 bridgehead atoms. The minimum atomic E-state index is -0.732. The second kappa shape index (κ2) is 22.4. The first-order valence-electron chi connectivity index (χ1n) is 21.7. The number of hydrogen-bond acceptors (Lipinski definition) is 22. The molecule has 9 aromatic heterocycles. The number of hydrogen-bond donors (Lipinski definition) is 3. The predicted octanol–water partition coefficient (Wildman–Crippen LogP) is 10.4. The molecule has 0 saturated heterocycles. The van der Waals surface area contributed by atoms with E-state index in [1.165, 1.54) is 79.1 Å². The molecule has 0 amide bonds. The van der Waals surface area contributed by atoms with Crippen molar-refractivity contribution in [2.45, 2.75) is 7.43 Å².